The second-order valence-electron chi connectivity index (χ2n) is 11.5. The van der Waals surface area contributed by atoms with Crippen molar-refractivity contribution in [2.24, 2.45) is 5.41 Å². The standard InChI is InChI=1S/C30H41FN4O4/c1-2-3-4-8-17-33-27(37)29-11-14-30(15-12-29,16-13-29)35(28(38)39-22-23-9-6-5-7-10-23)21-26(36)34-20-24(31)18-25(34)19-32/h5-7,9-10,24-25H,2-4,8,11-18,20-22H2,1H3,(H,33,37)/t24?,25-,29?,30?/m0/s1. The number of alkyl halides is 1. The maximum Gasteiger partial charge on any atom is 0.411 e. The van der Waals surface area contributed by atoms with Crippen LogP contribution in [0, 0.1) is 16.7 Å². The van der Waals surface area contributed by atoms with Crippen molar-refractivity contribution in [3.8, 4) is 6.07 Å². The largest absolute Gasteiger partial charge is 0.445 e. The Kier molecular flexibility index (Phi) is 9.47. The van der Waals surface area contributed by atoms with Crippen LogP contribution >= 0.6 is 0 Å². The summed E-state index contributed by atoms with van der Waals surface area (Å²) < 4.78 is 19.7. The summed E-state index contributed by atoms with van der Waals surface area (Å²) in [6.45, 7) is 2.51. The van der Waals surface area contributed by atoms with Gasteiger partial charge < -0.3 is 15.0 Å². The quantitative estimate of drug-likeness (QED) is 0.403. The van der Waals surface area contributed by atoms with E-state index in [1.165, 1.54) is 9.80 Å². The van der Waals surface area contributed by atoms with Crippen LogP contribution in [0.1, 0.15) is 83.1 Å². The first-order valence-electron chi connectivity index (χ1n) is 14.4. The molecule has 212 valence electrons. The second kappa shape index (κ2) is 12.8. The molecule has 3 amide bonds. The topological polar surface area (TPSA) is 103 Å². The van der Waals surface area contributed by atoms with E-state index >= 15 is 0 Å². The summed E-state index contributed by atoms with van der Waals surface area (Å²) in [5.41, 5.74) is -0.206. The number of nitrogens with zero attached hydrogens (tertiary/aromatic N) is 3. The van der Waals surface area contributed by atoms with Crippen molar-refractivity contribution >= 4 is 17.9 Å². The highest BCUT2D eigenvalue weighted by Gasteiger charge is 2.56. The van der Waals surface area contributed by atoms with Crippen molar-refractivity contribution in [2.45, 2.75) is 102 Å². The molecule has 1 aromatic rings. The van der Waals surface area contributed by atoms with Gasteiger partial charge in [0.1, 0.15) is 25.4 Å². The van der Waals surface area contributed by atoms with Crippen molar-refractivity contribution in [1.29, 1.82) is 5.26 Å². The van der Waals surface area contributed by atoms with Gasteiger partial charge in [0.15, 0.2) is 0 Å². The van der Waals surface area contributed by atoms with Gasteiger partial charge in [-0.15, -0.1) is 0 Å². The normalized spacial score (nSPS) is 27.6. The molecule has 1 aromatic carbocycles. The molecule has 0 aromatic heterocycles. The van der Waals surface area contributed by atoms with Crippen molar-refractivity contribution < 1.29 is 23.5 Å². The summed E-state index contributed by atoms with van der Waals surface area (Å²) in [7, 11) is 0. The number of fused-ring (bicyclic) bond motifs is 3. The fourth-order valence-corrected chi connectivity index (χ4v) is 6.48. The minimum atomic E-state index is -1.25. The van der Waals surface area contributed by atoms with Crippen LogP contribution in [0.3, 0.4) is 0 Å². The molecule has 9 heteroatoms. The molecule has 1 unspecified atom stereocenters. The lowest BCUT2D eigenvalue weighted by Crippen LogP contribution is -2.63. The van der Waals surface area contributed by atoms with Gasteiger partial charge in [-0.3, -0.25) is 14.5 Å². The van der Waals surface area contributed by atoms with Gasteiger partial charge >= 0.3 is 6.09 Å². The summed E-state index contributed by atoms with van der Waals surface area (Å²) in [6, 6.07) is 10.5. The number of hydrogen-bond acceptors (Lipinski definition) is 5. The first-order chi connectivity index (χ1) is 18.8. The lowest BCUT2D eigenvalue weighted by atomic mass is 9.56. The first-order valence-corrected chi connectivity index (χ1v) is 14.4. The van der Waals surface area contributed by atoms with Gasteiger partial charge in [0.2, 0.25) is 11.8 Å². The maximum atomic E-state index is 14.1. The smallest absolute Gasteiger partial charge is 0.411 e. The number of likely N-dealkylation sites (tertiary alicyclic amines) is 1. The monoisotopic (exact) mass is 540 g/mol. The molecule has 1 N–H and O–H groups in total. The molecule has 5 rings (SSSR count). The second-order valence-corrected chi connectivity index (χ2v) is 11.5. The van der Waals surface area contributed by atoms with Gasteiger partial charge in [-0.05, 0) is 50.5 Å². The molecule has 2 atom stereocenters. The predicted molar refractivity (Wildman–Crippen MR) is 144 cm³/mol. The van der Waals surface area contributed by atoms with Gasteiger partial charge in [0.25, 0.3) is 0 Å². The van der Waals surface area contributed by atoms with Crippen LogP contribution in [0.2, 0.25) is 0 Å². The molecular weight excluding hydrogens is 499 g/mol. The molecule has 4 aliphatic rings. The average Bonchev–Trinajstić information content (AvgIpc) is 3.36. The van der Waals surface area contributed by atoms with E-state index in [0.717, 1.165) is 31.2 Å². The van der Waals surface area contributed by atoms with Crippen molar-refractivity contribution in [1.82, 2.24) is 15.1 Å². The third-order valence-corrected chi connectivity index (χ3v) is 9.02. The number of amides is 3. The number of carbonyl (C=O) groups excluding carboxylic acids is 3. The van der Waals surface area contributed by atoms with E-state index < -0.39 is 35.2 Å². The SMILES string of the molecule is CCCCCCNC(=O)C12CCC(N(CC(=O)N3CC(F)C[C@H]3C#N)C(=O)OCc3ccccc3)(CC1)CC2. The summed E-state index contributed by atoms with van der Waals surface area (Å²) in [6.07, 6.45) is 6.24. The Morgan fingerprint density at radius 1 is 1.10 bits per heavy atom. The Morgan fingerprint density at radius 3 is 2.44 bits per heavy atom. The number of halogens is 1. The molecule has 0 radical (unpaired) electrons. The minimum absolute atomic E-state index is 0.0120. The number of hydrogen-bond donors (Lipinski definition) is 1. The fraction of sp³-hybridized carbons (Fsp3) is 0.667. The third-order valence-electron chi connectivity index (χ3n) is 9.02. The molecule has 8 nitrogen and oxygen atoms in total. The zero-order chi connectivity index (χ0) is 27.9. The van der Waals surface area contributed by atoms with Crippen LogP contribution in [0.4, 0.5) is 9.18 Å². The summed E-state index contributed by atoms with van der Waals surface area (Å²) in [4.78, 5) is 42.8. The third kappa shape index (κ3) is 6.54. The van der Waals surface area contributed by atoms with E-state index in [2.05, 4.69) is 12.2 Å². The Morgan fingerprint density at radius 2 is 1.79 bits per heavy atom. The molecule has 2 bridgehead atoms. The van der Waals surface area contributed by atoms with Crippen LogP contribution in [-0.4, -0.2) is 65.1 Å². The zero-order valence-corrected chi connectivity index (χ0v) is 23.0. The van der Waals surface area contributed by atoms with Crippen molar-refractivity contribution in [2.75, 3.05) is 19.6 Å². The van der Waals surface area contributed by atoms with E-state index in [9.17, 15) is 24.0 Å². The molecule has 3 aliphatic carbocycles. The number of carbonyl (C=O) groups is 3. The van der Waals surface area contributed by atoms with E-state index in [1.54, 1.807) is 0 Å². The Balaban J connectivity index is 1.45. The highest BCUT2D eigenvalue weighted by Crippen LogP contribution is 2.55. The molecule has 1 aliphatic heterocycles. The number of benzene rings is 1. The maximum absolute atomic E-state index is 14.1. The summed E-state index contributed by atoms with van der Waals surface area (Å²) in [5.74, 6) is -0.343. The van der Waals surface area contributed by atoms with Gasteiger partial charge in [0.05, 0.1) is 12.6 Å². The van der Waals surface area contributed by atoms with E-state index in [-0.39, 0.29) is 32.0 Å². The highest BCUT2D eigenvalue weighted by atomic mass is 19.1. The molecule has 1 saturated heterocycles. The molecule has 39 heavy (non-hydrogen) atoms. The lowest BCUT2D eigenvalue weighted by Gasteiger charge is -2.56. The van der Waals surface area contributed by atoms with E-state index in [4.69, 9.17) is 4.74 Å². The highest BCUT2D eigenvalue weighted by molar-refractivity contribution is 5.85. The Bertz CT molecular complexity index is 1030. The number of ether oxygens (including phenoxy) is 1. The molecule has 4 fully saturated rings. The number of unbranched alkanes of at least 4 members (excludes halogenated alkanes) is 3. The van der Waals surface area contributed by atoms with Crippen LogP contribution in [-0.2, 0) is 20.9 Å². The number of rotatable bonds is 11. The fourth-order valence-electron chi connectivity index (χ4n) is 6.48. The van der Waals surface area contributed by atoms with Gasteiger partial charge in [-0.2, -0.15) is 5.26 Å². The van der Waals surface area contributed by atoms with E-state index in [1.807, 2.05) is 36.4 Å². The van der Waals surface area contributed by atoms with Crippen LogP contribution in [0.25, 0.3) is 0 Å². The summed E-state index contributed by atoms with van der Waals surface area (Å²) in [5, 5.41) is 12.6. The zero-order valence-electron chi connectivity index (χ0n) is 23.0. The molecule has 3 saturated carbocycles. The molecule has 0 spiro atoms. The van der Waals surface area contributed by atoms with E-state index in [0.29, 0.717) is 45.1 Å². The van der Waals surface area contributed by atoms with Gasteiger partial charge in [-0.25, -0.2) is 9.18 Å². The molecular formula is C30H41FN4O4. The Labute approximate surface area is 230 Å². The van der Waals surface area contributed by atoms with Crippen molar-refractivity contribution in [3.63, 3.8) is 0 Å². The molecule has 1 heterocycles. The predicted octanol–water partition coefficient (Wildman–Crippen LogP) is 4.88. The van der Waals surface area contributed by atoms with Gasteiger partial charge in [-0.1, -0.05) is 56.5 Å². The first kappa shape index (κ1) is 28.8. The van der Waals surface area contributed by atoms with Gasteiger partial charge in [0, 0.05) is 23.9 Å². The number of nitrogens with one attached hydrogen (secondary N) is 1. The van der Waals surface area contributed by atoms with Crippen LogP contribution in [0.15, 0.2) is 30.3 Å². The van der Waals surface area contributed by atoms with Crippen molar-refractivity contribution in [3.05, 3.63) is 35.9 Å². The van der Waals surface area contributed by atoms with Crippen LogP contribution < -0.4 is 5.32 Å². The Hall–Kier alpha value is -3.15. The van der Waals surface area contributed by atoms with Crippen LogP contribution in [0.5, 0.6) is 0 Å². The average molecular weight is 541 g/mol. The lowest BCUT2D eigenvalue weighted by molar-refractivity contribution is -0.145. The minimum Gasteiger partial charge on any atom is -0.445 e. The number of nitriles is 1. The summed E-state index contributed by atoms with van der Waals surface area (Å²) >= 11 is 0.